The number of thiazole rings is 1. The Kier molecular flexibility index (Phi) is 4.84. The number of para-hydroxylation sites is 1. The molecule has 3 aromatic carbocycles. The maximum absolute atomic E-state index is 14.1. The molecule has 4 nitrogen and oxygen atoms in total. The van der Waals surface area contributed by atoms with Gasteiger partial charge in [-0.15, -0.1) is 11.3 Å². The Bertz CT molecular complexity index is 1210. The van der Waals surface area contributed by atoms with Crippen LogP contribution in [0, 0.1) is 11.6 Å². The summed E-state index contributed by atoms with van der Waals surface area (Å²) in [4.78, 5) is 6.69. The Morgan fingerprint density at radius 3 is 2.80 bits per heavy atom. The molecule has 0 aliphatic carbocycles. The molecule has 0 atom stereocenters. The average Bonchev–Trinajstić information content (AvgIpc) is 3.05. The van der Waals surface area contributed by atoms with Crippen LogP contribution >= 0.6 is 11.3 Å². The summed E-state index contributed by atoms with van der Waals surface area (Å²) in [5, 5.41) is 11.4. The van der Waals surface area contributed by atoms with E-state index in [1.165, 1.54) is 12.1 Å². The highest BCUT2D eigenvalue weighted by atomic mass is 32.1. The molecular weight excluding hydrogens is 406 g/mol. The Morgan fingerprint density at radius 2 is 1.97 bits per heavy atom. The molecule has 0 amide bonds. The summed E-state index contributed by atoms with van der Waals surface area (Å²) in [6.45, 7) is 1.71. The van der Waals surface area contributed by atoms with E-state index in [0.717, 1.165) is 32.4 Å². The molecule has 1 aromatic heterocycles. The largest absolute Gasteiger partial charge is 0.504 e. The molecule has 1 aliphatic heterocycles. The van der Waals surface area contributed by atoms with Crippen molar-refractivity contribution in [2.75, 3.05) is 13.2 Å². The maximum Gasteiger partial charge on any atom is 0.165 e. The van der Waals surface area contributed by atoms with Crippen LogP contribution in [0.1, 0.15) is 11.1 Å². The Labute approximate surface area is 176 Å². The van der Waals surface area contributed by atoms with Gasteiger partial charge < -0.3 is 9.84 Å². The van der Waals surface area contributed by atoms with E-state index >= 15 is 0 Å². The highest BCUT2D eigenvalue weighted by molar-refractivity contribution is 7.21. The van der Waals surface area contributed by atoms with Gasteiger partial charge in [0, 0.05) is 42.4 Å². The maximum atomic E-state index is 14.1. The number of phenols is 1. The number of benzene rings is 3. The first-order valence-corrected chi connectivity index (χ1v) is 10.4. The molecule has 0 fully saturated rings. The molecule has 7 heteroatoms. The van der Waals surface area contributed by atoms with E-state index < -0.39 is 11.6 Å². The molecule has 30 heavy (non-hydrogen) atoms. The van der Waals surface area contributed by atoms with E-state index in [4.69, 9.17) is 4.74 Å². The minimum atomic E-state index is -0.591. The summed E-state index contributed by atoms with van der Waals surface area (Å²) >= 11 is 1.56. The zero-order valence-corrected chi connectivity index (χ0v) is 16.8. The first-order valence-electron chi connectivity index (χ1n) is 9.58. The lowest BCUT2D eigenvalue weighted by atomic mass is 10.1. The molecular formula is C23H18F2N2O2S. The van der Waals surface area contributed by atoms with Gasteiger partial charge in [-0.2, -0.15) is 0 Å². The molecule has 2 heterocycles. The van der Waals surface area contributed by atoms with Crippen LogP contribution in [0.4, 0.5) is 8.78 Å². The van der Waals surface area contributed by atoms with E-state index in [2.05, 4.69) is 4.98 Å². The smallest absolute Gasteiger partial charge is 0.165 e. The molecule has 0 radical (unpaired) electrons. The first-order chi connectivity index (χ1) is 14.6. The van der Waals surface area contributed by atoms with Crippen molar-refractivity contribution in [2.24, 2.45) is 0 Å². The average molecular weight is 424 g/mol. The second-order valence-corrected chi connectivity index (χ2v) is 8.30. The van der Waals surface area contributed by atoms with Crippen molar-refractivity contribution in [3.8, 4) is 22.1 Å². The van der Waals surface area contributed by atoms with E-state index in [-0.39, 0.29) is 5.75 Å². The fourth-order valence-corrected chi connectivity index (χ4v) is 4.65. The van der Waals surface area contributed by atoms with Crippen molar-refractivity contribution >= 4 is 21.6 Å². The van der Waals surface area contributed by atoms with Crippen LogP contribution in [-0.2, 0) is 13.1 Å². The van der Waals surface area contributed by atoms with Crippen LogP contribution in [0.15, 0.2) is 54.6 Å². The van der Waals surface area contributed by atoms with Gasteiger partial charge in [0.15, 0.2) is 11.5 Å². The molecule has 0 spiro atoms. The number of hydrogen-bond acceptors (Lipinski definition) is 5. The Morgan fingerprint density at radius 1 is 1.10 bits per heavy atom. The molecule has 5 rings (SSSR count). The third-order valence-corrected chi connectivity index (χ3v) is 6.23. The molecule has 0 bridgehead atoms. The number of phenolic OH excluding ortho intramolecular Hbond substituents is 1. The van der Waals surface area contributed by atoms with Crippen LogP contribution in [-0.4, -0.2) is 28.1 Å². The van der Waals surface area contributed by atoms with Crippen molar-refractivity contribution in [2.45, 2.75) is 13.1 Å². The second-order valence-electron chi connectivity index (χ2n) is 7.27. The highest BCUT2D eigenvalue weighted by Gasteiger charge is 2.21. The fraction of sp³-hybridized carbons (Fsp3) is 0.174. The number of aromatic hydroxyl groups is 1. The molecule has 0 unspecified atom stereocenters. The summed E-state index contributed by atoms with van der Waals surface area (Å²) in [6, 6.07) is 15.2. The van der Waals surface area contributed by atoms with E-state index in [9.17, 15) is 13.9 Å². The van der Waals surface area contributed by atoms with Crippen LogP contribution < -0.4 is 4.74 Å². The predicted octanol–water partition coefficient (Wildman–Crippen LogP) is 5.34. The number of nitrogens with zero attached hydrogens (tertiary/aromatic N) is 2. The zero-order valence-electron chi connectivity index (χ0n) is 15.9. The second kappa shape index (κ2) is 7.66. The number of fused-ring (bicyclic) bond motifs is 2. The quantitative estimate of drug-likeness (QED) is 0.482. The van der Waals surface area contributed by atoms with Crippen LogP contribution in [0.5, 0.6) is 11.5 Å². The third kappa shape index (κ3) is 3.62. The first kappa shape index (κ1) is 19.0. The highest BCUT2D eigenvalue weighted by Crippen LogP contribution is 2.39. The van der Waals surface area contributed by atoms with Gasteiger partial charge in [-0.3, -0.25) is 4.90 Å². The van der Waals surface area contributed by atoms with Gasteiger partial charge in [0.1, 0.15) is 23.2 Å². The monoisotopic (exact) mass is 424 g/mol. The lowest BCUT2D eigenvalue weighted by molar-refractivity contribution is 0.215. The lowest BCUT2D eigenvalue weighted by Crippen LogP contribution is -2.25. The van der Waals surface area contributed by atoms with Crippen molar-refractivity contribution in [3.63, 3.8) is 0 Å². The van der Waals surface area contributed by atoms with E-state index in [0.29, 0.717) is 37.6 Å². The molecule has 152 valence electrons. The van der Waals surface area contributed by atoms with Crippen molar-refractivity contribution in [1.82, 2.24) is 9.88 Å². The van der Waals surface area contributed by atoms with Crippen molar-refractivity contribution < 1.29 is 18.6 Å². The normalized spacial score (nSPS) is 14.3. The Hall–Kier alpha value is -3.03. The predicted molar refractivity (Wildman–Crippen MR) is 113 cm³/mol. The topological polar surface area (TPSA) is 45.6 Å². The van der Waals surface area contributed by atoms with Crippen LogP contribution in [0.25, 0.3) is 20.8 Å². The fourth-order valence-electron chi connectivity index (χ4n) is 3.70. The number of halogens is 2. The standard InChI is InChI=1S/C23H18F2N2O2S/c24-17-6-5-14(18(25)11-17)12-27-7-8-29-22-16(13-27)9-15(10-20(22)28)23-26-19-3-1-2-4-21(19)30-23/h1-6,9-11,28H,7-8,12-13H2. The summed E-state index contributed by atoms with van der Waals surface area (Å²) < 4.78 is 34.2. The summed E-state index contributed by atoms with van der Waals surface area (Å²) in [7, 11) is 0. The molecule has 1 aliphatic rings. The van der Waals surface area contributed by atoms with E-state index in [1.54, 1.807) is 17.4 Å². The lowest BCUT2D eigenvalue weighted by Gasteiger charge is -2.20. The van der Waals surface area contributed by atoms with Gasteiger partial charge >= 0.3 is 0 Å². The number of aromatic nitrogens is 1. The molecule has 4 aromatic rings. The van der Waals surface area contributed by atoms with Gasteiger partial charge in [0.05, 0.1) is 10.2 Å². The molecule has 0 saturated carbocycles. The van der Waals surface area contributed by atoms with Crippen molar-refractivity contribution in [3.05, 3.63) is 77.4 Å². The summed E-state index contributed by atoms with van der Waals surface area (Å²) in [6.07, 6.45) is 0. The summed E-state index contributed by atoms with van der Waals surface area (Å²) in [5.41, 5.74) is 2.96. The minimum absolute atomic E-state index is 0.0663. The van der Waals surface area contributed by atoms with Crippen LogP contribution in [0.2, 0.25) is 0 Å². The van der Waals surface area contributed by atoms with Gasteiger partial charge in [-0.25, -0.2) is 13.8 Å². The minimum Gasteiger partial charge on any atom is -0.504 e. The van der Waals surface area contributed by atoms with Crippen molar-refractivity contribution in [1.29, 1.82) is 0 Å². The van der Waals surface area contributed by atoms with Gasteiger partial charge in [-0.1, -0.05) is 18.2 Å². The van der Waals surface area contributed by atoms with Gasteiger partial charge in [0.2, 0.25) is 0 Å². The van der Waals surface area contributed by atoms with Gasteiger partial charge in [-0.05, 0) is 30.3 Å². The molecule has 0 saturated heterocycles. The number of hydrogen-bond donors (Lipinski definition) is 1. The third-order valence-electron chi connectivity index (χ3n) is 5.14. The van der Waals surface area contributed by atoms with Crippen LogP contribution in [0.3, 0.4) is 0 Å². The summed E-state index contributed by atoms with van der Waals surface area (Å²) in [5.74, 6) is -0.642. The SMILES string of the molecule is Oc1cc(-c2nc3ccccc3s2)cc2c1OCCN(Cc1ccc(F)cc1F)C2. The molecule has 1 N–H and O–H groups in total. The zero-order chi connectivity index (χ0) is 20.7. The number of ether oxygens (including phenoxy) is 1. The van der Waals surface area contributed by atoms with Gasteiger partial charge in [0.25, 0.3) is 0 Å². The van der Waals surface area contributed by atoms with E-state index in [1.807, 2.05) is 35.2 Å². The number of rotatable bonds is 3. The Balaban J connectivity index is 1.47.